The Morgan fingerprint density at radius 1 is 0.939 bits per heavy atom. The van der Waals surface area contributed by atoms with Crippen molar-refractivity contribution in [3.05, 3.63) is 107 Å². The van der Waals surface area contributed by atoms with E-state index in [2.05, 4.69) is 15.4 Å². The number of fused-ring (bicyclic) bond motifs is 3. The van der Waals surface area contributed by atoms with E-state index in [9.17, 15) is 14.0 Å². The molecule has 0 spiro atoms. The fourth-order valence-electron chi connectivity index (χ4n) is 3.94. The van der Waals surface area contributed by atoms with E-state index in [1.165, 1.54) is 16.8 Å². The normalized spacial score (nSPS) is 11.2. The Morgan fingerprint density at radius 3 is 2.55 bits per heavy atom. The first-order valence-corrected chi connectivity index (χ1v) is 10.5. The second-order valence-electron chi connectivity index (χ2n) is 7.74. The molecule has 0 unspecified atom stereocenters. The molecule has 3 heterocycles. The lowest BCUT2D eigenvalue weighted by Crippen LogP contribution is -2.33. The number of carbonyl (C=O) groups excluding carboxylic acids is 1. The minimum absolute atomic E-state index is 0.201. The Balaban J connectivity index is 1.51. The molecule has 33 heavy (non-hydrogen) atoms. The van der Waals surface area contributed by atoms with Crippen LogP contribution in [-0.4, -0.2) is 25.2 Å². The fraction of sp³-hybridized carbons (Fsp3) is 0.120. The van der Waals surface area contributed by atoms with E-state index in [1.54, 1.807) is 36.8 Å². The topological polar surface area (TPSA) is 81.8 Å². The predicted octanol–water partition coefficient (Wildman–Crippen LogP) is 3.25. The highest BCUT2D eigenvalue weighted by molar-refractivity contribution is 6.07. The maximum absolute atomic E-state index is 13.4. The zero-order chi connectivity index (χ0) is 22.8. The van der Waals surface area contributed by atoms with Gasteiger partial charge in [-0.25, -0.2) is 9.07 Å². The van der Waals surface area contributed by atoms with Crippen molar-refractivity contribution < 1.29 is 9.18 Å². The Bertz CT molecular complexity index is 1510. The number of hydrogen-bond acceptors (Lipinski definition) is 4. The summed E-state index contributed by atoms with van der Waals surface area (Å²) in [5.74, 6) is -0.640. The number of para-hydroxylation sites is 1. The molecule has 5 rings (SSSR count). The quantitative estimate of drug-likeness (QED) is 0.439. The van der Waals surface area contributed by atoms with Crippen molar-refractivity contribution >= 4 is 27.7 Å². The Kier molecular flexibility index (Phi) is 5.40. The first kappa shape index (κ1) is 20.6. The average molecular weight is 441 g/mol. The molecular formula is C25H20FN5O2. The van der Waals surface area contributed by atoms with E-state index in [0.717, 1.165) is 22.0 Å². The number of nitrogens with one attached hydrogen (secondary N) is 1. The van der Waals surface area contributed by atoms with Crippen LogP contribution in [0.25, 0.3) is 21.8 Å². The summed E-state index contributed by atoms with van der Waals surface area (Å²) in [6.07, 6.45) is 4.95. The first-order valence-electron chi connectivity index (χ1n) is 10.5. The molecule has 8 heteroatoms. The zero-order valence-electron chi connectivity index (χ0n) is 17.6. The average Bonchev–Trinajstić information content (AvgIpc) is 3.16. The van der Waals surface area contributed by atoms with Crippen LogP contribution in [0, 0.1) is 5.82 Å². The van der Waals surface area contributed by atoms with Gasteiger partial charge in [0.05, 0.1) is 6.20 Å². The van der Waals surface area contributed by atoms with Crippen molar-refractivity contribution in [1.29, 1.82) is 0 Å². The van der Waals surface area contributed by atoms with Crippen LogP contribution in [0.5, 0.6) is 0 Å². The van der Waals surface area contributed by atoms with Gasteiger partial charge in [0, 0.05) is 41.8 Å². The van der Waals surface area contributed by atoms with Gasteiger partial charge in [-0.2, -0.15) is 5.10 Å². The standard InChI is InChI=1S/C25H20FN5O2/c26-19-9-7-17(8-10-19)15-30-22-6-2-1-5-20(22)21-14-29-31(25(33)24(21)30)16-23(32)28-13-18-4-3-11-27-12-18/h1-12,14H,13,15-16H2,(H,28,32). The smallest absolute Gasteiger partial charge is 0.291 e. The fourth-order valence-corrected chi connectivity index (χ4v) is 3.94. The van der Waals surface area contributed by atoms with Crippen LogP contribution in [0.1, 0.15) is 11.1 Å². The number of halogens is 1. The van der Waals surface area contributed by atoms with Crippen LogP contribution >= 0.6 is 0 Å². The predicted molar refractivity (Wildman–Crippen MR) is 123 cm³/mol. The van der Waals surface area contributed by atoms with Gasteiger partial charge in [0.2, 0.25) is 5.91 Å². The van der Waals surface area contributed by atoms with Gasteiger partial charge in [0.1, 0.15) is 17.9 Å². The first-order chi connectivity index (χ1) is 16.1. The van der Waals surface area contributed by atoms with Crippen molar-refractivity contribution in [2.75, 3.05) is 0 Å². The number of carbonyl (C=O) groups is 1. The van der Waals surface area contributed by atoms with Gasteiger partial charge in [-0.3, -0.25) is 14.6 Å². The maximum Gasteiger partial charge on any atom is 0.291 e. The van der Waals surface area contributed by atoms with Crippen LogP contribution in [-0.2, 0) is 24.4 Å². The van der Waals surface area contributed by atoms with E-state index in [0.29, 0.717) is 24.0 Å². The molecule has 1 amide bonds. The van der Waals surface area contributed by atoms with E-state index in [4.69, 9.17) is 0 Å². The van der Waals surface area contributed by atoms with Gasteiger partial charge in [-0.1, -0.05) is 36.4 Å². The summed E-state index contributed by atoms with van der Waals surface area (Å²) in [5, 5.41) is 8.65. The van der Waals surface area contributed by atoms with Gasteiger partial charge in [0.25, 0.3) is 5.56 Å². The van der Waals surface area contributed by atoms with Crippen molar-refractivity contribution in [3.8, 4) is 0 Å². The molecule has 0 saturated heterocycles. The largest absolute Gasteiger partial charge is 0.350 e. The SMILES string of the molecule is O=C(Cn1ncc2c3ccccc3n(Cc3ccc(F)cc3)c2c1=O)NCc1cccnc1. The third kappa shape index (κ3) is 4.10. The van der Waals surface area contributed by atoms with Gasteiger partial charge in [0.15, 0.2) is 0 Å². The van der Waals surface area contributed by atoms with Gasteiger partial charge < -0.3 is 9.88 Å². The number of pyridine rings is 1. The highest BCUT2D eigenvalue weighted by Gasteiger charge is 2.17. The lowest BCUT2D eigenvalue weighted by atomic mass is 10.2. The molecule has 0 bridgehead atoms. The van der Waals surface area contributed by atoms with Crippen molar-refractivity contribution in [3.63, 3.8) is 0 Å². The molecule has 3 aromatic heterocycles. The van der Waals surface area contributed by atoms with Crippen LogP contribution in [0.2, 0.25) is 0 Å². The Hall–Kier alpha value is -4.33. The second kappa shape index (κ2) is 8.66. The van der Waals surface area contributed by atoms with Gasteiger partial charge in [-0.05, 0) is 35.4 Å². The molecule has 2 aromatic carbocycles. The van der Waals surface area contributed by atoms with Crippen molar-refractivity contribution in [1.82, 2.24) is 24.6 Å². The molecule has 1 N–H and O–H groups in total. The lowest BCUT2D eigenvalue weighted by Gasteiger charge is -2.09. The van der Waals surface area contributed by atoms with E-state index in [1.807, 2.05) is 34.9 Å². The molecule has 5 aromatic rings. The highest BCUT2D eigenvalue weighted by Crippen LogP contribution is 2.27. The summed E-state index contributed by atoms with van der Waals surface area (Å²) in [7, 11) is 0. The van der Waals surface area contributed by atoms with Crippen LogP contribution in [0.3, 0.4) is 0 Å². The molecule has 0 atom stereocenters. The molecule has 0 aliphatic heterocycles. The number of aromatic nitrogens is 4. The number of rotatable bonds is 6. The number of hydrogen-bond donors (Lipinski definition) is 1. The van der Waals surface area contributed by atoms with Gasteiger partial charge in [-0.15, -0.1) is 0 Å². The van der Waals surface area contributed by atoms with Crippen LogP contribution in [0.15, 0.2) is 84.0 Å². The summed E-state index contributed by atoms with van der Waals surface area (Å²) < 4.78 is 16.4. The third-order valence-electron chi connectivity index (χ3n) is 5.53. The van der Waals surface area contributed by atoms with E-state index >= 15 is 0 Å². The summed E-state index contributed by atoms with van der Waals surface area (Å²) in [6, 6.07) is 17.5. The number of nitrogens with zero attached hydrogens (tertiary/aromatic N) is 4. The Morgan fingerprint density at radius 2 is 1.76 bits per heavy atom. The van der Waals surface area contributed by atoms with Gasteiger partial charge >= 0.3 is 0 Å². The molecule has 0 saturated carbocycles. The highest BCUT2D eigenvalue weighted by atomic mass is 19.1. The molecular weight excluding hydrogens is 421 g/mol. The second-order valence-corrected chi connectivity index (χ2v) is 7.74. The monoisotopic (exact) mass is 441 g/mol. The summed E-state index contributed by atoms with van der Waals surface area (Å²) >= 11 is 0. The molecule has 164 valence electrons. The van der Waals surface area contributed by atoms with Crippen LogP contribution in [0.4, 0.5) is 4.39 Å². The molecule has 0 aliphatic carbocycles. The molecule has 0 fully saturated rings. The number of amides is 1. The van der Waals surface area contributed by atoms with E-state index < -0.39 is 0 Å². The summed E-state index contributed by atoms with van der Waals surface area (Å²) in [5.41, 5.74) is 2.68. The number of benzene rings is 2. The maximum atomic E-state index is 13.4. The lowest BCUT2D eigenvalue weighted by molar-refractivity contribution is -0.122. The minimum atomic E-state index is -0.359. The minimum Gasteiger partial charge on any atom is -0.350 e. The Labute approximate surface area is 188 Å². The molecule has 0 aliphatic rings. The van der Waals surface area contributed by atoms with E-state index in [-0.39, 0.29) is 23.8 Å². The molecule has 0 radical (unpaired) electrons. The third-order valence-corrected chi connectivity index (χ3v) is 5.53. The summed E-state index contributed by atoms with van der Waals surface area (Å²) in [6.45, 7) is 0.498. The zero-order valence-corrected chi connectivity index (χ0v) is 17.6. The van der Waals surface area contributed by atoms with Crippen molar-refractivity contribution in [2.45, 2.75) is 19.6 Å². The summed E-state index contributed by atoms with van der Waals surface area (Å²) in [4.78, 5) is 29.9. The van der Waals surface area contributed by atoms with Crippen molar-refractivity contribution in [2.24, 2.45) is 0 Å². The van der Waals surface area contributed by atoms with Crippen LogP contribution < -0.4 is 10.9 Å². The molecule has 7 nitrogen and oxygen atoms in total.